The van der Waals surface area contributed by atoms with E-state index >= 15 is 0 Å². The van der Waals surface area contributed by atoms with Crippen LogP contribution in [0.25, 0.3) is 5.57 Å². The molecular weight excluding hydrogens is 434 g/mol. The Morgan fingerprint density at radius 2 is 1.61 bits per heavy atom. The third kappa shape index (κ3) is 4.24. The van der Waals surface area contributed by atoms with E-state index in [9.17, 15) is 9.59 Å². The lowest BCUT2D eigenvalue weighted by Crippen LogP contribution is -2.32. The summed E-state index contributed by atoms with van der Waals surface area (Å²) in [5, 5.41) is 3.78. The fraction of sp³-hybridized carbons (Fsp3) is 0.185. The summed E-state index contributed by atoms with van der Waals surface area (Å²) >= 11 is 6.21. The lowest BCUT2D eigenvalue weighted by Gasteiger charge is -2.19. The summed E-state index contributed by atoms with van der Waals surface area (Å²) in [7, 11) is 3.84. The van der Waals surface area contributed by atoms with Crippen molar-refractivity contribution in [1.29, 1.82) is 0 Å². The van der Waals surface area contributed by atoms with Gasteiger partial charge in [-0.25, -0.2) is 4.90 Å². The maximum Gasteiger partial charge on any atom is 0.282 e. The number of carbonyl (C=O) groups is 2. The van der Waals surface area contributed by atoms with Gasteiger partial charge in [-0.15, -0.1) is 0 Å². The van der Waals surface area contributed by atoms with E-state index in [2.05, 4.69) is 5.32 Å². The van der Waals surface area contributed by atoms with E-state index in [-0.39, 0.29) is 11.6 Å². The average molecular weight is 460 g/mol. The summed E-state index contributed by atoms with van der Waals surface area (Å²) in [4.78, 5) is 30.6. The van der Waals surface area contributed by atoms with Crippen LogP contribution in [-0.4, -0.2) is 25.9 Å². The number of rotatable bonds is 5. The van der Waals surface area contributed by atoms with Crippen LogP contribution in [0.3, 0.4) is 0 Å². The molecule has 5 nitrogen and oxygen atoms in total. The predicted molar refractivity (Wildman–Crippen MR) is 136 cm³/mol. The first-order chi connectivity index (χ1) is 15.7. The van der Waals surface area contributed by atoms with Gasteiger partial charge in [0.15, 0.2) is 0 Å². The van der Waals surface area contributed by atoms with Crippen molar-refractivity contribution in [3.05, 3.63) is 93.6 Å². The molecule has 1 N–H and O–H groups in total. The molecule has 0 aliphatic carbocycles. The Morgan fingerprint density at radius 1 is 0.848 bits per heavy atom. The van der Waals surface area contributed by atoms with Crippen LogP contribution in [0, 0.1) is 20.8 Å². The van der Waals surface area contributed by atoms with Crippen molar-refractivity contribution in [2.75, 3.05) is 29.2 Å². The average Bonchev–Trinajstić information content (AvgIpc) is 3.00. The molecule has 168 valence electrons. The van der Waals surface area contributed by atoms with Crippen molar-refractivity contribution in [1.82, 2.24) is 0 Å². The Labute approximate surface area is 199 Å². The smallest absolute Gasteiger partial charge is 0.282 e. The van der Waals surface area contributed by atoms with Gasteiger partial charge in [0.1, 0.15) is 5.70 Å². The van der Waals surface area contributed by atoms with E-state index in [1.54, 1.807) is 18.2 Å². The molecule has 4 rings (SSSR count). The van der Waals surface area contributed by atoms with E-state index in [0.717, 1.165) is 27.9 Å². The van der Waals surface area contributed by atoms with Crippen LogP contribution >= 0.6 is 11.6 Å². The summed E-state index contributed by atoms with van der Waals surface area (Å²) in [5.74, 6) is -0.754. The van der Waals surface area contributed by atoms with Gasteiger partial charge in [0.25, 0.3) is 11.8 Å². The molecule has 0 atom stereocenters. The SMILES string of the molecule is Cc1ccc(C2=C(Nc3cc(Cl)ccc3C)C(=O)N(c3cccc(N(C)C)c3)C2=O)c(C)c1. The Kier molecular flexibility index (Phi) is 6.00. The maximum absolute atomic E-state index is 13.8. The molecule has 0 aromatic heterocycles. The molecule has 1 heterocycles. The summed E-state index contributed by atoms with van der Waals surface area (Å²) < 4.78 is 0. The zero-order valence-electron chi connectivity index (χ0n) is 19.4. The van der Waals surface area contributed by atoms with E-state index in [4.69, 9.17) is 11.6 Å². The van der Waals surface area contributed by atoms with Crippen LogP contribution in [-0.2, 0) is 9.59 Å². The highest BCUT2D eigenvalue weighted by molar-refractivity contribution is 6.46. The first-order valence-electron chi connectivity index (χ1n) is 10.7. The first kappa shape index (κ1) is 22.6. The summed E-state index contributed by atoms with van der Waals surface area (Å²) in [6.45, 7) is 5.88. The van der Waals surface area contributed by atoms with Crippen LogP contribution in [0.5, 0.6) is 0 Å². The molecule has 3 aromatic rings. The largest absolute Gasteiger partial charge is 0.378 e. The molecule has 3 aromatic carbocycles. The number of anilines is 3. The van der Waals surface area contributed by atoms with Crippen LogP contribution in [0.15, 0.2) is 66.4 Å². The van der Waals surface area contributed by atoms with Crippen LogP contribution in [0.1, 0.15) is 22.3 Å². The molecule has 0 spiro atoms. The van der Waals surface area contributed by atoms with Crippen LogP contribution < -0.4 is 15.1 Å². The van der Waals surface area contributed by atoms with Crippen molar-refractivity contribution in [2.24, 2.45) is 0 Å². The third-order valence-electron chi connectivity index (χ3n) is 5.80. The number of hydrogen-bond donors (Lipinski definition) is 1. The van der Waals surface area contributed by atoms with Gasteiger partial charge in [0.05, 0.1) is 11.3 Å². The molecule has 0 saturated carbocycles. The topological polar surface area (TPSA) is 52.7 Å². The zero-order valence-corrected chi connectivity index (χ0v) is 20.1. The number of hydrogen-bond acceptors (Lipinski definition) is 4. The fourth-order valence-corrected chi connectivity index (χ4v) is 4.17. The summed E-state index contributed by atoms with van der Waals surface area (Å²) in [5.41, 5.74) is 6.37. The van der Waals surface area contributed by atoms with Crippen molar-refractivity contribution >= 4 is 46.1 Å². The van der Waals surface area contributed by atoms with Gasteiger partial charge in [-0.1, -0.05) is 47.5 Å². The van der Waals surface area contributed by atoms with Crippen LogP contribution in [0.2, 0.25) is 5.02 Å². The van der Waals surface area contributed by atoms with Gasteiger partial charge in [-0.3, -0.25) is 9.59 Å². The Hall–Kier alpha value is -3.57. The van der Waals surface area contributed by atoms with Crippen molar-refractivity contribution in [3.63, 3.8) is 0 Å². The number of carbonyl (C=O) groups excluding carboxylic acids is 2. The molecule has 33 heavy (non-hydrogen) atoms. The number of halogens is 1. The number of imide groups is 1. The van der Waals surface area contributed by atoms with Gasteiger partial charge in [0.2, 0.25) is 0 Å². The van der Waals surface area contributed by atoms with Gasteiger partial charge in [0, 0.05) is 30.5 Å². The van der Waals surface area contributed by atoms with Crippen molar-refractivity contribution in [3.8, 4) is 0 Å². The van der Waals surface area contributed by atoms with E-state index in [1.807, 2.05) is 82.2 Å². The molecule has 0 radical (unpaired) electrons. The van der Waals surface area contributed by atoms with E-state index in [0.29, 0.717) is 22.0 Å². The molecule has 0 unspecified atom stereocenters. The number of amides is 2. The quantitative estimate of drug-likeness (QED) is 0.495. The lowest BCUT2D eigenvalue weighted by molar-refractivity contribution is -0.120. The maximum atomic E-state index is 13.8. The van der Waals surface area contributed by atoms with Gasteiger partial charge >= 0.3 is 0 Å². The fourth-order valence-electron chi connectivity index (χ4n) is 4.00. The third-order valence-corrected chi connectivity index (χ3v) is 6.03. The summed E-state index contributed by atoms with van der Waals surface area (Å²) in [6, 6.07) is 18.7. The summed E-state index contributed by atoms with van der Waals surface area (Å²) in [6.07, 6.45) is 0. The molecule has 0 fully saturated rings. The molecular formula is C27H26ClN3O2. The van der Waals surface area contributed by atoms with Crippen LogP contribution in [0.4, 0.5) is 17.1 Å². The van der Waals surface area contributed by atoms with E-state index in [1.165, 1.54) is 4.90 Å². The van der Waals surface area contributed by atoms with Crippen molar-refractivity contribution < 1.29 is 9.59 Å². The van der Waals surface area contributed by atoms with Gasteiger partial charge in [-0.05, 0) is 67.8 Å². The highest BCUT2D eigenvalue weighted by Gasteiger charge is 2.41. The second kappa shape index (κ2) is 8.75. The lowest BCUT2D eigenvalue weighted by atomic mass is 9.97. The molecule has 0 saturated heterocycles. The minimum Gasteiger partial charge on any atom is -0.378 e. The minimum atomic E-state index is -0.398. The first-order valence-corrected chi connectivity index (χ1v) is 11.1. The highest BCUT2D eigenvalue weighted by atomic mass is 35.5. The Morgan fingerprint density at radius 3 is 2.30 bits per heavy atom. The van der Waals surface area contributed by atoms with E-state index < -0.39 is 5.91 Å². The number of nitrogens with zero attached hydrogens (tertiary/aromatic N) is 2. The molecule has 0 bridgehead atoms. The minimum absolute atomic E-state index is 0.243. The monoisotopic (exact) mass is 459 g/mol. The normalized spacial score (nSPS) is 13.7. The Balaban J connectivity index is 1.88. The van der Waals surface area contributed by atoms with Gasteiger partial charge < -0.3 is 10.2 Å². The second-order valence-corrected chi connectivity index (χ2v) is 8.95. The zero-order chi connectivity index (χ0) is 23.9. The predicted octanol–water partition coefficient (Wildman–Crippen LogP) is 5.73. The second-order valence-electron chi connectivity index (χ2n) is 8.51. The molecule has 6 heteroatoms. The highest BCUT2D eigenvalue weighted by Crippen LogP contribution is 2.37. The number of nitrogens with one attached hydrogen (secondary N) is 1. The molecule has 1 aliphatic rings. The molecule has 2 amide bonds. The number of aryl methyl sites for hydroxylation is 3. The van der Waals surface area contributed by atoms with Gasteiger partial charge in [-0.2, -0.15) is 0 Å². The van der Waals surface area contributed by atoms with Crippen molar-refractivity contribution in [2.45, 2.75) is 20.8 Å². The molecule has 1 aliphatic heterocycles. The number of benzene rings is 3. The Bertz CT molecular complexity index is 1310. The standard InChI is InChI=1S/C27H26ClN3O2/c1-16-9-12-22(18(3)13-16)24-25(29-23-14-19(28)11-10-17(23)2)27(33)31(26(24)32)21-8-6-7-20(15-21)30(4)5/h6-15,29H,1-5H3.